The zero-order valence-electron chi connectivity index (χ0n) is 35.6. The number of carbonyl (C=O) groups excluding carboxylic acids is 3. The van der Waals surface area contributed by atoms with Gasteiger partial charge in [-0.05, 0) is 76.7 Å². The molecule has 0 aliphatic rings. The van der Waals surface area contributed by atoms with E-state index >= 15 is 0 Å². The van der Waals surface area contributed by atoms with Crippen LogP contribution in [0.5, 0.6) is 0 Å². The molecule has 2 unspecified atom stereocenters. The maximum Gasteiger partial charge on any atom is 0.328 e. The van der Waals surface area contributed by atoms with Gasteiger partial charge >= 0.3 is 11.9 Å². The average molecular weight is 787 g/mol. The SMILES string of the molecule is CC/C=C\C/C=C\C/C=C\C(CCCCCCC(=O)NCC(=O)NC(CO)C(=O)O)OC(=O)CCCCCCCCCCC/C=C\CCCCCCCCCC. The molecule has 0 heterocycles. The van der Waals surface area contributed by atoms with Crippen molar-refractivity contribution in [3.8, 4) is 0 Å². The summed E-state index contributed by atoms with van der Waals surface area (Å²) < 4.78 is 5.88. The minimum atomic E-state index is -1.39. The van der Waals surface area contributed by atoms with E-state index in [1.165, 1.54) is 103 Å². The number of aliphatic hydroxyl groups is 1. The molecule has 0 aromatic carbocycles. The Hall–Kier alpha value is -3.20. The molecule has 4 N–H and O–H groups in total. The molecule has 322 valence electrons. The van der Waals surface area contributed by atoms with Crippen molar-refractivity contribution in [2.45, 2.75) is 212 Å². The zero-order chi connectivity index (χ0) is 41.2. The molecular weight excluding hydrogens is 705 g/mol. The number of hydrogen-bond acceptors (Lipinski definition) is 6. The fourth-order valence-corrected chi connectivity index (χ4v) is 6.35. The average Bonchev–Trinajstić information content (AvgIpc) is 3.18. The van der Waals surface area contributed by atoms with E-state index in [2.05, 4.69) is 67.0 Å². The molecule has 9 nitrogen and oxygen atoms in total. The number of esters is 1. The third-order valence-corrected chi connectivity index (χ3v) is 9.79. The van der Waals surface area contributed by atoms with Crippen LogP contribution in [-0.4, -0.2) is 59.3 Å². The second-order valence-corrected chi connectivity index (χ2v) is 15.1. The number of carbonyl (C=O) groups is 4. The number of unbranched alkanes of at least 4 members (excludes halogenated alkanes) is 20. The second-order valence-electron chi connectivity index (χ2n) is 15.1. The monoisotopic (exact) mass is 787 g/mol. The number of allylic oxidation sites excluding steroid dienone is 7. The first kappa shape index (κ1) is 52.8. The van der Waals surface area contributed by atoms with Crippen molar-refractivity contribution in [1.82, 2.24) is 10.6 Å². The van der Waals surface area contributed by atoms with Crippen LogP contribution in [0.3, 0.4) is 0 Å². The molecule has 0 bridgehead atoms. The highest BCUT2D eigenvalue weighted by atomic mass is 16.5. The van der Waals surface area contributed by atoms with Crippen LogP contribution in [0.2, 0.25) is 0 Å². The van der Waals surface area contributed by atoms with Crippen molar-refractivity contribution in [2.24, 2.45) is 0 Å². The number of carboxylic acid groups (broad SMARTS) is 1. The normalized spacial score (nSPS) is 12.9. The Bertz CT molecular complexity index is 1080. The number of aliphatic hydroxyl groups excluding tert-OH is 1. The highest BCUT2D eigenvalue weighted by Crippen LogP contribution is 2.16. The Labute approximate surface area is 341 Å². The lowest BCUT2D eigenvalue weighted by Gasteiger charge is -2.15. The predicted molar refractivity (Wildman–Crippen MR) is 231 cm³/mol. The summed E-state index contributed by atoms with van der Waals surface area (Å²) in [5.41, 5.74) is 0. The van der Waals surface area contributed by atoms with Gasteiger partial charge in [0.25, 0.3) is 0 Å². The van der Waals surface area contributed by atoms with Crippen LogP contribution in [0, 0.1) is 0 Å². The van der Waals surface area contributed by atoms with Gasteiger partial charge in [0.1, 0.15) is 12.1 Å². The van der Waals surface area contributed by atoms with Gasteiger partial charge in [-0.2, -0.15) is 0 Å². The number of rotatable bonds is 40. The van der Waals surface area contributed by atoms with E-state index < -0.39 is 24.5 Å². The molecule has 0 aliphatic carbocycles. The number of nitrogens with one attached hydrogen (secondary N) is 2. The summed E-state index contributed by atoms with van der Waals surface area (Å²) in [7, 11) is 0. The molecule has 0 saturated carbocycles. The first-order chi connectivity index (χ1) is 27.3. The van der Waals surface area contributed by atoms with Crippen LogP contribution < -0.4 is 10.6 Å². The maximum absolute atomic E-state index is 12.7. The largest absolute Gasteiger partial charge is 0.480 e. The van der Waals surface area contributed by atoms with E-state index in [4.69, 9.17) is 14.9 Å². The third-order valence-electron chi connectivity index (χ3n) is 9.79. The molecule has 0 rings (SSSR count). The fraction of sp³-hybridized carbons (Fsp3) is 0.745. The van der Waals surface area contributed by atoms with Crippen LogP contribution in [0.4, 0.5) is 0 Å². The second kappa shape index (κ2) is 41.4. The van der Waals surface area contributed by atoms with Gasteiger partial charge in [-0.3, -0.25) is 14.4 Å². The van der Waals surface area contributed by atoms with Crippen LogP contribution in [0.25, 0.3) is 0 Å². The lowest BCUT2D eigenvalue weighted by molar-refractivity contribution is -0.147. The summed E-state index contributed by atoms with van der Waals surface area (Å²) in [5.74, 6) is -2.44. The minimum absolute atomic E-state index is 0.138. The number of carboxylic acids is 1. The lowest BCUT2D eigenvalue weighted by Crippen LogP contribution is -2.47. The van der Waals surface area contributed by atoms with Crippen LogP contribution in [0.1, 0.15) is 200 Å². The molecule has 0 spiro atoms. The molecule has 56 heavy (non-hydrogen) atoms. The zero-order valence-corrected chi connectivity index (χ0v) is 35.6. The van der Waals surface area contributed by atoms with E-state index in [1.54, 1.807) is 0 Å². The highest BCUT2D eigenvalue weighted by Gasteiger charge is 2.18. The quantitative estimate of drug-likeness (QED) is 0.0275. The summed E-state index contributed by atoms with van der Waals surface area (Å²) in [6.45, 7) is 3.33. The number of ether oxygens (including phenoxy) is 1. The molecular formula is C47H82N2O7. The van der Waals surface area contributed by atoms with Gasteiger partial charge in [-0.15, -0.1) is 0 Å². The smallest absolute Gasteiger partial charge is 0.328 e. The Morgan fingerprint density at radius 3 is 1.62 bits per heavy atom. The molecule has 2 amide bonds. The molecule has 0 aliphatic heterocycles. The first-order valence-corrected chi connectivity index (χ1v) is 22.5. The van der Waals surface area contributed by atoms with E-state index in [0.29, 0.717) is 12.8 Å². The molecule has 0 radical (unpaired) electrons. The van der Waals surface area contributed by atoms with Crippen molar-refractivity contribution in [3.63, 3.8) is 0 Å². The first-order valence-electron chi connectivity index (χ1n) is 22.5. The molecule has 0 aromatic heterocycles. The van der Waals surface area contributed by atoms with Gasteiger partial charge in [0.15, 0.2) is 0 Å². The Morgan fingerprint density at radius 1 is 0.571 bits per heavy atom. The number of hydrogen-bond donors (Lipinski definition) is 4. The summed E-state index contributed by atoms with van der Waals surface area (Å²) in [4.78, 5) is 47.5. The number of aliphatic carboxylic acids is 1. The van der Waals surface area contributed by atoms with Crippen LogP contribution in [0.15, 0.2) is 48.6 Å². The van der Waals surface area contributed by atoms with Gasteiger partial charge in [0.2, 0.25) is 11.8 Å². The minimum Gasteiger partial charge on any atom is -0.480 e. The van der Waals surface area contributed by atoms with Crippen molar-refractivity contribution in [2.75, 3.05) is 13.2 Å². The molecule has 0 aromatic rings. The summed E-state index contributed by atoms with van der Waals surface area (Å²) in [6.07, 6.45) is 48.9. The molecule has 0 fully saturated rings. The van der Waals surface area contributed by atoms with Crippen molar-refractivity contribution in [1.29, 1.82) is 0 Å². The van der Waals surface area contributed by atoms with Crippen molar-refractivity contribution in [3.05, 3.63) is 48.6 Å². The van der Waals surface area contributed by atoms with E-state index in [1.807, 2.05) is 6.08 Å². The Kier molecular flexibility index (Phi) is 39.1. The van der Waals surface area contributed by atoms with E-state index in [0.717, 1.165) is 64.2 Å². The van der Waals surface area contributed by atoms with E-state index in [-0.39, 0.29) is 30.9 Å². The summed E-state index contributed by atoms with van der Waals surface area (Å²) in [5, 5.41) is 22.5. The summed E-state index contributed by atoms with van der Waals surface area (Å²) >= 11 is 0. The predicted octanol–water partition coefficient (Wildman–Crippen LogP) is 11.2. The number of amides is 2. The third kappa shape index (κ3) is 37.7. The van der Waals surface area contributed by atoms with Gasteiger partial charge < -0.3 is 25.6 Å². The Balaban J connectivity index is 4.18. The summed E-state index contributed by atoms with van der Waals surface area (Å²) in [6, 6.07) is -1.39. The van der Waals surface area contributed by atoms with Gasteiger partial charge in [-0.25, -0.2) is 4.79 Å². The van der Waals surface area contributed by atoms with Crippen LogP contribution >= 0.6 is 0 Å². The maximum atomic E-state index is 12.7. The standard InChI is InChI=1S/C47H82N2O7/c1-3-5-7-9-11-13-14-15-16-17-18-19-20-21-22-23-24-25-27-29-35-39-46(53)56-42(36-32-28-26-12-10-8-6-4-2)37-33-30-31-34-38-44(51)48-40-45(52)49-43(41-50)47(54)55/h6,8,12,17-18,26,32,36,42-43,50H,3-5,7,9-11,13-16,19-25,27-31,33-35,37-41H2,1-2H3,(H,48,51)(H,49,52)(H,54,55)/b8-6-,18-17-,26-12-,36-32-. The van der Waals surface area contributed by atoms with Gasteiger partial charge in [0, 0.05) is 12.8 Å². The molecule has 9 heteroatoms. The lowest BCUT2D eigenvalue weighted by atomic mass is 10.0. The topological polar surface area (TPSA) is 142 Å². The van der Waals surface area contributed by atoms with Crippen molar-refractivity contribution >= 4 is 23.8 Å². The highest BCUT2D eigenvalue weighted by molar-refractivity contribution is 5.87. The van der Waals surface area contributed by atoms with Crippen LogP contribution in [-0.2, 0) is 23.9 Å². The van der Waals surface area contributed by atoms with E-state index in [9.17, 15) is 19.2 Å². The van der Waals surface area contributed by atoms with Gasteiger partial charge in [0.05, 0.1) is 13.2 Å². The van der Waals surface area contributed by atoms with Gasteiger partial charge in [-0.1, -0.05) is 159 Å². The molecule has 0 saturated heterocycles. The Morgan fingerprint density at radius 2 is 1.07 bits per heavy atom. The molecule has 2 atom stereocenters. The van der Waals surface area contributed by atoms with Crippen molar-refractivity contribution < 1.29 is 34.1 Å². The fourth-order valence-electron chi connectivity index (χ4n) is 6.35.